The topological polar surface area (TPSA) is 48.9 Å². The molecule has 0 N–H and O–H groups in total. The number of allylic oxidation sites excluding steroid dienone is 2. The summed E-state index contributed by atoms with van der Waals surface area (Å²) in [7, 11) is 1.63. The first-order chi connectivity index (χ1) is 18.8. The largest absolute Gasteiger partial charge is 0.497 e. The zero-order chi connectivity index (χ0) is 27.5. The Kier molecular flexibility index (Phi) is 7.63. The van der Waals surface area contributed by atoms with Crippen LogP contribution in [0.2, 0.25) is 0 Å². The van der Waals surface area contributed by atoms with E-state index in [9.17, 15) is 13.6 Å². The highest BCUT2D eigenvalue weighted by Gasteiger charge is 2.27. The number of carbonyl (C=O) groups is 1. The molecule has 3 aromatic rings. The van der Waals surface area contributed by atoms with E-state index in [-0.39, 0.29) is 30.0 Å². The molecule has 1 fully saturated rings. The summed E-state index contributed by atoms with van der Waals surface area (Å²) in [5.74, 6) is 1.03. The Morgan fingerprint density at radius 2 is 1.72 bits per heavy atom. The summed E-state index contributed by atoms with van der Waals surface area (Å²) in [5.41, 5.74) is 4.14. The molecule has 0 radical (unpaired) electrons. The van der Waals surface area contributed by atoms with Gasteiger partial charge in [-0.25, -0.2) is 13.8 Å². The lowest BCUT2D eigenvalue weighted by molar-refractivity contribution is -0.131. The second kappa shape index (κ2) is 11.3. The van der Waals surface area contributed by atoms with E-state index in [1.165, 1.54) is 18.2 Å². The number of rotatable bonds is 6. The van der Waals surface area contributed by atoms with Crippen molar-refractivity contribution in [1.29, 1.82) is 0 Å². The molecule has 1 saturated heterocycles. The van der Waals surface area contributed by atoms with Crippen molar-refractivity contribution in [2.24, 2.45) is 5.92 Å². The fourth-order valence-corrected chi connectivity index (χ4v) is 5.08. The number of methoxy groups -OCH3 is 1. The summed E-state index contributed by atoms with van der Waals surface area (Å²) >= 11 is 0. The lowest BCUT2D eigenvalue weighted by Gasteiger charge is -2.37. The predicted octanol–water partition coefficient (Wildman–Crippen LogP) is 5.36. The van der Waals surface area contributed by atoms with E-state index < -0.39 is 0 Å². The Hall–Kier alpha value is -4.20. The van der Waals surface area contributed by atoms with Crippen molar-refractivity contribution < 1.29 is 18.3 Å². The predicted molar refractivity (Wildman–Crippen MR) is 149 cm³/mol. The minimum absolute atomic E-state index is 0.00158. The first-order valence-corrected chi connectivity index (χ1v) is 13.1. The van der Waals surface area contributed by atoms with E-state index in [0.717, 1.165) is 34.0 Å². The number of carbonyl (C=O) groups excluding carboxylic acids is 1. The third-order valence-electron chi connectivity index (χ3n) is 7.35. The van der Waals surface area contributed by atoms with E-state index in [4.69, 9.17) is 4.74 Å². The monoisotopic (exact) mass is 530 g/mol. The Morgan fingerprint density at radius 3 is 2.41 bits per heavy atom. The maximum atomic E-state index is 14.0. The quantitative estimate of drug-likeness (QED) is 0.430. The number of benzene rings is 2. The zero-order valence-electron chi connectivity index (χ0n) is 22.4. The number of halogens is 2. The maximum absolute atomic E-state index is 14.0. The average Bonchev–Trinajstić information content (AvgIpc) is 2.96. The SMILES string of the molecule is COc1ccnc(N2CCN(C(=O)CN3C=C(c4ccc(F)c(C)c4)C(C)C=C3c3ccc(F)cc3)CC2)c1. The third kappa shape index (κ3) is 5.79. The van der Waals surface area contributed by atoms with E-state index >= 15 is 0 Å². The minimum Gasteiger partial charge on any atom is -0.497 e. The number of ether oxygens (including phenoxy) is 1. The molecule has 2 aromatic carbocycles. The molecule has 3 heterocycles. The summed E-state index contributed by atoms with van der Waals surface area (Å²) in [4.78, 5) is 23.9. The average molecular weight is 531 g/mol. The van der Waals surface area contributed by atoms with Crippen LogP contribution in [0.5, 0.6) is 5.75 Å². The van der Waals surface area contributed by atoms with Crippen LogP contribution in [0.4, 0.5) is 14.6 Å². The molecule has 0 aliphatic carbocycles. The highest BCUT2D eigenvalue weighted by molar-refractivity contribution is 5.84. The zero-order valence-corrected chi connectivity index (χ0v) is 22.4. The van der Waals surface area contributed by atoms with Crippen LogP contribution in [0.25, 0.3) is 11.3 Å². The molecule has 1 unspecified atom stereocenters. The first-order valence-electron chi connectivity index (χ1n) is 13.1. The van der Waals surface area contributed by atoms with Gasteiger partial charge in [0.25, 0.3) is 0 Å². The molecular weight excluding hydrogens is 498 g/mol. The number of piperazine rings is 1. The van der Waals surface area contributed by atoms with Crippen LogP contribution in [-0.2, 0) is 4.79 Å². The Labute approximate surface area is 227 Å². The van der Waals surface area contributed by atoms with Crippen LogP contribution >= 0.6 is 0 Å². The van der Waals surface area contributed by atoms with Gasteiger partial charge in [-0.15, -0.1) is 0 Å². The number of aryl methyl sites for hydroxylation is 1. The highest BCUT2D eigenvalue weighted by atomic mass is 19.1. The van der Waals surface area contributed by atoms with E-state index in [1.54, 1.807) is 38.4 Å². The molecule has 1 aromatic heterocycles. The smallest absolute Gasteiger partial charge is 0.242 e. The standard InChI is InChI=1S/C31H32F2N4O2/c1-21-17-29(23-4-7-25(32)8-5-23)37(19-27(21)24-6-9-28(33)22(2)16-24)20-31(38)36-14-12-35(13-15-36)30-18-26(39-3)10-11-34-30/h4-11,16-19,21H,12-15,20H2,1-3H3. The normalized spacial score (nSPS) is 17.6. The number of pyridine rings is 1. The second-order valence-electron chi connectivity index (χ2n) is 9.95. The third-order valence-corrected chi connectivity index (χ3v) is 7.35. The van der Waals surface area contributed by atoms with Crippen LogP contribution in [0.1, 0.15) is 23.6 Å². The van der Waals surface area contributed by atoms with Crippen molar-refractivity contribution in [2.75, 3.05) is 44.7 Å². The highest BCUT2D eigenvalue weighted by Crippen LogP contribution is 2.36. The summed E-state index contributed by atoms with van der Waals surface area (Å²) < 4.78 is 33.0. The van der Waals surface area contributed by atoms with Crippen LogP contribution in [0.3, 0.4) is 0 Å². The number of anilines is 1. The van der Waals surface area contributed by atoms with Crippen LogP contribution in [0, 0.1) is 24.5 Å². The van der Waals surface area contributed by atoms with Crippen molar-refractivity contribution in [1.82, 2.24) is 14.8 Å². The van der Waals surface area contributed by atoms with Crippen LogP contribution in [-0.4, -0.2) is 60.5 Å². The van der Waals surface area contributed by atoms with Gasteiger partial charge in [0.05, 0.1) is 7.11 Å². The molecule has 2 aliphatic rings. The lowest BCUT2D eigenvalue weighted by atomic mass is 9.89. The number of amides is 1. The summed E-state index contributed by atoms with van der Waals surface area (Å²) in [6.07, 6.45) is 5.78. The van der Waals surface area contributed by atoms with Gasteiger partial charge < -0.3 is 19.4 Å². The number of hydrogen-bond acceptors (Lipinski definition) is 5. The summed E-state index contributed by atoms with van der Waals surface area (Å²) in [6.45, 7) is 6.43. The molecule has 1 atom stereocenters. The van der Waals surface area contributed by atoms with Gasteiger partial charge in [-0.05, 0) is 71.7 Å². The molecule has 5 rings (SSSR count). The Morgan fingerprint density at radius 1 is 1.00 bits per heavy atom. The van der Waals surface area contributed by atoms with Gasteiger partial charge in [0, 0.05) is 56.3 Å². The van der Waals surface area contributed by atoms with Crippen molar-refractivity contribution in [3.05, 3.63) is 101 Å². The van der Waals surface area contributed by atoms with Gasteiger partial charge in [-0.1, -0.05) is 19.1 Å². The molecule has 39 heavy (non-hydrogen) atoms. The molecule has 8 heteroatoms. The lowest BCUT2D eigenvalue weighted by Crippen LogP contribution is -2.51. The van der Waals surface area contributed by atoms with Crippen LogP contribution in [0.15, 0.2) is 73.1 Å². The van der Waals surface area contributed by atoms with Gasteiger partial charge >= 0.3 is 0 Å². The molecule has 0 spiro atoms. The van der Waals surface area contributed by atoms with Crippen LogP contribution < -0.4 is 9.64 Å². The van der Waals surface area contributed by atoms with Crippen molar-refractivity contribution in [2.45, 2.75) is 13.8 Å². The Bertz CT molecular complexity index is 1410. The molecule has 202 valence electrons. The number of hydrogen-bond donors (Lipinski definition) is 0. The summed E-state index contributed by atoms with van der Waals surface area (Å²) in [5, 5.41) is 0. The van der Waals surface area contributed by atoms with E-state index in [1.807, 2.05) is 34.2 Å². The van der Waals surface area contributed by atoms with Gasteiger partial charge in [-0.3, -0.25) is 4.79 Å². The second-order valence-corrected chi connectivity index (χ2v) is 9.95. The minimum atomic E-state index is -0.313. The van der Waals surface area contributed by atoms with Gasteiger partial charge in [0.1, 0.15) is 29.7 Å². The Balaban J connectivity index is 1.36. The molecule has 2 aliphatic heterocycles. The molecule has 6 nitrogen and oxygen atoms in total. The fourth-order valence-electron chi connectivity index (χ4n) is 5.08. The van der Waals surface area contributed by atoms with Crippen molar-refractivity contribution in [3.63, 3.8) is 0 Å². The van der Waals surface area contributed by atoms with E-state index in [0.29, 0.717) is 31.7 Å². The van der Waals surface area contributed by atoms with Crippen molar-refractivity contribution >= 4 is 23.0 Å². The molecule has 1 amide bonds. The van der Waals surface area contributed by atoms with Gasteiger partial charge in [0.15, 0.2) is 0 Å². The van der Waals surface area contributed by atoms with Gasteiger partial charge in [0.2, 0.25) is 5.91 Å². The fraction of sp³-hybridized carbons (Fsp3) is 0.290. The number of nitrogens with zero attached hydrogens (tertiary/aromatic N) is 4. The molecule has 0 saturated carbocycles. The number of aromatic nitrogens is 1. The van der Waals surface area contributed by atoms with Gasteiger partial charge in [-0.2, -0.15) is 0 Å². The first kappa shape index (κ1) is 26.4. The maximum Gasteiger partial charge on any atom is 0.242 e. The summed E-state index contributed by atoms with van der Waals surface area (Å²) in [6, 6.07) is 15.1. The molecule has 0 bridgehead atoms. The molecular formula is C31H32F2N4O2. The van der Waals surface area contributed by atoms with Crippen molar-refractivity contribution in [3.8, 4) is 5.75 Å². The van der Waals surface area contributed by atoms with E-state index in [2.05, 4.69) is 22.9 Å².